The number of hydrogen-bond acceptors (Lipinski definition) is 4. The number of phenolic OH excluding ortho intramolecular Hbond substituents is 1. The summed E-state index contributed by atoms with van der Waals surface area (Å²) in [6.45, 7) is 0.485. The summed E-state index contributed by atoms with van der Waals surface area (Å²) in [4.78, 5) is 1.56. The van der Waals surface area contributed by atoms with Crippen molar-refractivity contribution in [1.29, 1.82) is 0 Å². The smallest absolute Gasteiger partial charge is 0.246 e. The van der Waals surface area contributed by atoms with E-state index in [-0.39, 0.29) is 30.3 Å². The highest BCUT2D eigenvalue weighted by molar-refractivity contribution is 7.89. The van der Waals surface area contributed by atoms with Crippen molar-refractivity contribution >= 4 is 38.9 Å². The lowest BCUT2D eigenvalue weighted by Gasteiger charge is -2.42. The van der Waals surface area contributed by atoms with Crippen molar-refractivity contribution in [2.75, 3.05) is 24.5 Å². The summed E-state index contributed by atoms with van der Waals surface area (Å²) in [6.07, 6.45) is 0. The molecule has 3 aromatic carbocycles. The number of aromatic hydroxyl groups is 1. The fourth-order valence-corrected chi connectivity index (χ4v) is 5.56. The van der Waals surface area contributed by atoms with Gasteiger partial charge in [0.05, 0.1) is 11.7 Å². The lowest BCUT2D eigenvalue weighted by Crippen LogP contribution is -2.50. The Labute approximate surface area is 190 Å². The van der Waals surface area contributed by atoms with Gasteiger partial charge in [0.25, 0.3) is 0 Å². The molecule has 1 saturated heterocycles. The summed E-state index contributed by atoms with van der Waals surface area (Å²) in [7, 11) is -4.04. The van der Waals surface area contributed by atoms with Crippen LogP contribution in [0, 0.1) is 5.82 Å². The van der Waals surface area contributed by atoms with Crippen LogP contribution in [0.5, 0.6) is 5.75 Å². The van der Waals surface area contributed by atoms with Crippen LogP contribution >= 0.6 is 23.2 Å². The van der Waals surface area contributed by atoms with Gasteiger partial charge in [-0.2, -0.15) is 4.31 Å². The fourth-order valence-electron chi connectivity index (χ4n) is 3.77. The van der Waals surface area contributed by atoms with Crippen LogP contribution in [0.15, 0.2) is 71.6 Å². The molecule has 162 valence electrons. The zero-order chi connectivity index (χ0) is 22.2. The van der Waals surface area contributed by atoms with Crippen LogP contribution in [0.4, 0.5) is 10.1 Å². The molecule has 0 aromatic heterocycles. The molecule has 1 aliphatic heterocycles. The van der Waals surface area contributed by atoms with Crippen LogP contribution in [0.2, 0.25) is 10.0 Å². The number of nitrogens with zero attached hydrogens (tertiary/aromatic N) is 2. The van der Waals surface area contributed by atoms with E-state index in [0.29, 0.717) is 15.7 Å². The topological polar surface area (TPSA) is 60.9 Å². The van der Waals surface area contributed by atoms with Gasteiger partial charge >= 0.3 is 0 Å². The van der Waals surface area contributed by atoms with Gasteiger partial charge in [0.1, 0.15) is 16.5 Å². The van der Waals surface area contributed by atoms with Gasteiger partial charge in [-0.3, -0.25) is 0 Å². The average Bonchev–Trinajstić information content (AvgIpc) is 2.74. The SMILES string of the molecule is O=S(=O)(c1ccccc1F)N1CCN(c2ccc(Cl)cc2O)C(c2ccc(Cl)cc2)C1. The molecule has 1 N–H and O–H groups in total. The third kappa shape index (κ3) is 4.36. The minimum atomic E-state index is -4.04. The van der Waals surface area contributed by atoms with Crippen molar-refractivity contribution in [2.45, 2.75) is 10.9 Å². The van der Waals surface area contributed by atoms with Crippen LogP contribution in [0.1, 0.15) is 11.6 Å². The number of halogens is 3. The first-order valence-corrected chi connectivity index (χ1v) is 11.7. The number of anilines is 1. The molecule has 0 radical (unpaired) electrons. The van der Waals surface area contributed by atoms with E-state index in [9.17, 15) is 17.9 Å². The summed E-state index contributed by atoms with van der Waals surface area (Å²) in [5, 5.41) is 11.4. The number of rotatable bonds is 4. The molecule has 1 aliphatic rings. The summed E-state index contributed by atoms with van der Waals surface area (Å²) in [6, 6.07) is 16.8. The molecular formula is C22H19Cl2FN2O3S. The van der Waals surface area contributed by atoms with E-state index in [2.05, 4.69) is 0 Å². The summed E-state index contributed by atoms with van der Waals surface area (Å²) in [5.41, 5.74) is 1.35. The van der Waals surface area contributed by atoms with Crippen molar-refractivity contribution in [2.24, 2.45) is 0 Å². The summed E-state index contributed by atoms with van der Waals surface area (Å²) in [5.74, 6) is -0.791. The Hall–Kier alpha value is -2.32. The minimum absolute atomic E-state index is 0.00289. The molecule has 1 fully saturated rings. The van der Waals surface area contributed by atoms with Crippen LogP contribution in [-0.4, -0.2) is 37.5 Å². The van der Waals surface area contributed by atoms with E-state index in [4.69, 9.17) is 23.2 Å². The first-order valence-electron chi connectivity index (χ1n) is 9.52. The first-order chi connectivity index (χ1) is 14.8. The molecule has 1 heterocycles. The van der Waals surface area contributed by atoms with Gasteiger partial charge in [0, 0.05) is 35.7 Å². The molecule has 4 rings (SSSR count). The lowest BCUT2D eigenvalue weighted by atomic mass is 10.0. The van der Waals surface area contributed by atoms with Crippen LogP contribution in [0.3, 0.4) is 0 Å². The highest BCUT2D eigenvalue weighted by atomic mass is 35.5. The minimum Gasteiger partial charge on any atom is -0.506 e. The second-order valence-electron chi connectivity index (χ2n) is 7.19. The molecule has 0 amide bonds. The Balaban J connectivity index is 1.74. The van der Waals surface area contributed by atoms with Crippen LogP contribution in [0.25, 0.3) is 0 Å². The lowest BCUT2D eigenvalue weighted by molar-refractivity contribution is 0.332. The van der Waals surface area contributed by atoms with E-state index in [1.165, 1.54) is 28.6 Å². The van der Waals surface area contributed by atoms with E-state index < -0.39 is 21.9 Å². The van der Waals surface area contributed by atoms with E-state index in [1.807, 2.05) is 17.0 Å². The predicted molar refractivity (Wildman–Crippen MR) is 120 cm³/mol. The second kappa shape index (κ2) is 8.67. The molecule has 31 heavy (non-hydrogen) atoms. The summed E-state index contributed by atoms with van der Waals surface area (Å²) >= 11 is 12.0. The zero-order valence-corrected chi connectivity index (χ0v) is 18.6. The average molecular weight is 481 g/mol. The third-order valence-corrected chi connectivity index (χ3v) is 7.68. The monoisotopic (exact) mass is 480 g/mol. The van der Waals surface area contributed by atoms with Gasteiger partial charge in [-0.05, 0) is 42.0 Å². The molecule has 5 nitrogen and oxygen atoms in total. The maximum absolute atomic E-state index is 14.3. The maximum atomic E-state index is 14.3. The van der Waals surface area contributed by atoms with Crippen molar-refractivity contribution in [1.82, 2.24) is 4.31 Å². The zero-order valence-electron chi connectivity index (χ0n) is 16.2. The Bertz CT molecular complexity index is 1210. The number of phenols is 1. The molecule has 1 atom stereocenters. The molecule has 9 heteroatoms. The van der Waals surface area contributed by atoms with Gasteiger partial charge in [0.15, 0.2) is 0 Å². The molecule has 0 saturated carbocycles. The molecular weight excluding hydrogens is 462 g/mol. The van der Waals surface area contributed by atoms with E-state index in [1.54, 1.807) is 24.3 Å². The number of benzene rings is 3. The highest BCUT2D eigenvalue weighted by Crippen LogP contribution is 2.38. The second-order valence-corrected chi connectivity index (χ2v) is 9.97. The Kier molecular flexibility index (Phi) is 6.12. The Morgan fingerprint density at radius 1 is 0.935 bits per heavy atom. The Morgan fingerprint density at radius 2 is 1.61 bits per heavy atom. The normalized spacial score (nSPS) is 17.6. The van der Waals surface area contributed by atoms with Crippen molar-refractivity contribution in [3.63, 3.8) is 0 Å². The standard InChI is InChI=1S/C22H19Cl2FN2O3S/c23-16-7-5-15(6-8-16)20-14-26(31(29,30)22-4-2-1-3-18(22)25)11-12-27(20)19-10-9-17(24)13-21(19)28/h1-10,13,20,28H,11-12,14H2. The van der Waals surface area contributed by atoms with Crippen molar-refractivity contribution < 1.29 is 17.9 Å². The van der Waals surface area contributed by atoms with Gasteiger partial charge < -0.3 is 10.0 Å². The highest BCUT2D eigenvalue weighted by Gasteiger charge is 2.37. The van der Waals surface area contributed by atoms with E-state index in [0.717, 1.165) is 11.6 Å². The van der Waals surface area contributed by atoms with Gasteiger partial charge in [-0.1, -0.05) is 47.5 Å². The number of sulfonamides is 1. The van der Waals surface area contributed by atoms with Crippen LogP contribution < -0.4 is 4.90 Å². The quantitative estimate of drug-likeness (QED) is 0.564. The molecule has 1 unspecified atom stereocenters. The fraction of sp³-hybridized carbons (Fsp3) is 0.182. The van der Waals surface area contributed by atoms with E-state index >= 15 is 0 Å². The van der Waals surface area contributed by atoms with Crippen molar-refractivity contribution in [3.8, 4) is 5.75 Å². The largest absolute Gasteiger partial charge is 0.506 e. The summed E-state index contributed by atoms with van der Waals surface area (Å²) < 4.78 is 41.9. The number of piperazine rings is 1. The molecule has 0 bridgehead atoms. The first kappa shape index (κ1) is 21.9. The van der Waals surface area contributed by atoms with Gasteiger partial charge in [-0.15, -0.1) is 0 Å². The molecule has 0 spiro atoms. The predicted octanol–water partition coefficient (Wildman–Crippen LogP) is 5.09. The van der Waals surface area contributed by atoms with Crippen LogP contribution in [-0.2, 0) is 10.0 Å². The van der Waals surface area contributed by atoms with Crippen molar-refractivity contribution in [3.05, 3.63) is 88.2 Å². The number of hydrogen-bond donors (Lipinski definition) is 1. The Morgan fingerprint density at radius 3 is 2.29 bits per heavy atom. The van der Waals surface area contributed by atoms with Gasteiger partial charge in [-0.25, -0.2) is 12.8 Å². The molecule has 3 aromatic rings. The van der Waals surface area contributed by atoms with Gasteiger partial charge in [0.2, 0.25) is 10.0 Å². The third-order valence-electron chi connectivity index (χ3n) is 5.30. The molecule has 0 aliphatic carbocycles. The maximum Gasteiger partial charge on any atom is 0.246 e.